The highest BCUT2D eigenvalue weighted by Gasteiger charge is 2.12. The number of methoxy groups -OCH3 is 1. The van der Waals surface area contributed by atoms with E-state index in [9.17, 15) is 9.59 Å². The Hall–Kier alpha value is -3.61. The van der Waals surface area contributed by atoms with Crippen molar-refractivity contribution < 1.29 is 23.5 Å². The van der Waals surface area contributed by atoms with Crippen LogP contribution in [0.3, 0.4) is 0 Å². The fourth-order valence-electron chi connectivity index (χ4n) is 2.58. The molecule has 0 aliphatic carbocycles. The van der Waals surface area contributed by atoms with Gasteiger partial charge < -0.3 is 19.2 Å². The molecule has 0 radical (unpaired) electrons. The third-order valence-corrected chi connectivity index (χ3v) is 4.17. The van der Waals surface area contributed by atoms with Gasteiger partial charge in [-0.25, -0.2) is 4.98 Å². The lowest BCUT2D eigenvalue weighted by molar-refractivity contribution is -0.147. The van der Waals surface area contributed by atoms with Crippen molar-refractivity contribution in [1.29, 1.82) is 0 Å². The molecule has 0 aliphatic heterocycles. The Morgan fingerprint density at radius 3 is 2.48 bits per heavy atom. The lowest BCUT2D eigenvalue weighted by Crippen LogP contribution is -2.21. The number of aryl methyl sites for hydroxylation is 2. The summed E-state index contributed by atoms with van der Waals surface area (Å²) < 4.78 is 15.7. The second-order valence-electron chi connectivity index (χ2n) is 6.42. The standard InChI is InChI=1S/C22H22N2O5/c1-15-3-5-16(6-4-15)19-13-23-21(29-19)11-12-22(26)28-14-20(25)24-17-7-9-18(27-2)10-8-17/h3-10,13H,11-12,14H2,1-2H3,(H,24,25). The molecule has 2 aromatic carbocycles. The first-order chi connectivity index (χ1) is 14.0. The average molecular weight is 394 g/mol. The van der Waals surface area contributed by atoms with Crippen LogP contribution in [0.1, 0.15) is 17.9 Å². The molecule has 0 fully saturated rings. The second kappa shape index (κ2) is 9.54. The van der Waals surface area contributed by atoms with Crippen molar-refractivity contribution in [2.45, 2.75) is 19.8 Å². The maximum atomic E-state index is 11.9. The van der Waals surface area contributed by atoms with Crippen molar-refractivity contribution >= 4 is 17.6 Å². The SMILES string of the molecule is COc1ccc(NC(=O)COC(=O)CCc2ncc(-c3ccc(C)cc3)o2)cc1. The maximum absolute atomic E-state index is 11.9. The molecule has 0 unspecified atom stereocenters. The zero-order valence-electron chi connectivity index (χ0n) is 16.3. The molecule has 0 atom stereocenters. The molecule has 7 nitrogen and oxygen atoms in total. The summed E-state index contributed by atoms with van der Waals surface area (Å²) in [7, 11) is 1.56. The molecule has 150 valence electrons. The van der Waals surface area contributed by atoms with E-state index in [-0.39, 0.29) is 13.0 Å². The minimum absolute atomic E-state index is 0.0731. The molecule has 3 rings (SSSR count). The highest BCUT2D eigenvalue weighted by Crippen LogP contribution is 2.21. The first kappa shape index (κ1) is 20.1. The Morgan fingerprint density at radius 1 is 1.07 bits per heavy atom. The van der Waals surface area contributed by atoms with Gasteiger partial charge in [0, 0.05) is 17.7 Å². The van der Waals surface area contributed by atoms with E-state index in [2.05, 4.69) is 10.3 Å². The number of hydrogen-bond acceptors (Lipinski definition) is 6. The largest absolute Gasteiger partial charge is 0.497 e. The summed E-state index contributed by atoms with van der Waals surface area (Å²) in [6.07, 6.45) is 2.00. The van der Waals surface area contributed by atoms with Crippen LogP contribution in [0, 0.1) is 6.92 Å². The second-order valence-corrected chi connectivity index (χ2v) is 6.42. The quantitative estimate of drug-likeness (QED) is 0.585. The Balaban J connectivity index is 1.41. The molecule has 1 amide bonds. The zero-order chi connectivity index (χ0) is 20.6. The van der Waals surface area contributed by atoms with Crippen LogP contribution in [0.25, 0.3) is 11.3 Å². The van der Waals surface area contributed by atoms with Crippen LogP contribution in [0.2, 0.25) is 0 Å². The number of ether oxygens (including phenoxy) is 2. The first-order valence-corrected chi connectivity index (χ1v) is 9.15. The Morgan fingerprint density at radius 2 is 1.79 bits per heavy atom. The molecular formula is C22H22N2O5. The Bertz CT molecular complexity index is 962. The van der Waals surface area contributed by atoms with Gasteiger partial charge in [0.25, 0.3) is 5.91 Å². The van der Waals surface area contributed by atoms with Gasteiger partial charge in [-0.3, -0.25) is 9.59 Å². The summed E-state index contributed by atoms with van der Waals surface area (Å²) in [4.78, 5) is 28.0. The summed E-state index contributed by atoms with van der Waals surface area (Å²) in [5.41, 5.74) is 2.68. The van der Waals surface area contributed by atoms with Crippen LogP contribution in [-0.4, -0.2) is 30.6 Å². The van der Waals surface area contributed by atoms with Gasteiger partial charge in [0.05, 0.1) is 19.7 Å². The van der Waals surface area contributed by atoms with Crippen molar-refractivity contribution in [1.82, 2.24) is 4.98 Å². The normalized spacial score (nSPS) is 10.4. The number of carbonyl (C=O) groups is 2. The molecular weight excluding hydrogens is 372 g/mol. The highest BCUT2D eigenvalue weighted by molar-refractivity contribution is 5.92. The van der Waals surface area contributed by atoms with Gasteiger partial charge >= 0.3 is 5.97 Å². The van der Waals surface area contributed by atoms with Gasteiger partial charge in [-0.1, -0.05) is 29.8 Å². The molecule has 1 N–H and O–H groups in total. The van der Waals surface area contributed by atoms with E-state index >= 15 is 0 Å². The van der Waals surface area contributed by atoms with E-state index in [1.54, 1.807) is 37.6 Å². The molecule has 3 aromatic rings. The summed E-state index contributed by atoms with van der Waals surface area (Å²) in [5, 5.41) is 2.65. The zero-order valence-corrected chi connectivity index (χ0v) is 16.3. The molecule has 7 heteroatoms. The lowest BCUT2D eigenvalue weighted by atomic mass is 10.1. The number of rotatable bonds is 8. The van der Waals surface area contributed by atoms with E-state index in [4.69, 9.17) is 13.9 Å². The van der Waals surface area contributed by atoms with Crippen molar-refractivity contribution in [2.24, 2.45) is 0 Å². The smallest absolute Gasteiger partial charge is 0.306 e. The Kier molecular flexibility index (Phi) is 6.63. The van der Waals surface area contributed by atoms with Crippen molar-refractivity contribution in [3.8, 4) is 17.1 Å². The van der Waals surface area contributed by atoms with Crippen LogP contribution in [0.15, 0.2) is 59.1 Å². The number of nitrogens with zero attached hydrogens (tertiary/aromatic N) is 1. The van der Waals surface area contributed by atoms with Crippen LogP contribution in [0.5, 0.6) is 5.75 Å². The number of aromatic nitrogens is 1. The van der Waals surface area contributed by atoms with Gasteiger partial charge in [-0.15, -0.1) is 0 Å². The summed E-state index contributed by atoms with van der Waals surface area (Å²) in [5.74, 6) is 0.866. The number of anilines is 1. The maximum Gasteiger partial charge on any atom is 0.306 e. The minimum Gasteiger partial charge on any atom is -0.497 e. The number of hydrogen-bond donors (Lipinski definition) is 1. The van der Waals surface area contributed by atoms with Crippen LogP contribution in [-0.2, 0) is 20.7 Å². The monoisotopic (exact) mass is 394 g/mol. The fourth-order valence-corrected chi connectivity index (χ4v) is 2.58. The molecule has 1 aromatic heterocycles. The topological polar surface area (TPSA) is 90.7 Å². The third-order valence-electron chi connectivity index (χ3n) is 4.17. The summed E-state index contributed by atoms with van der Waals surface area (Å²) >= 11 is 0. The first-order valence-electron chi connectivity index (χ1n) is 9.15. The molecule has 0 bridgehead atoms. The van der Waals surface area contributed by atoms with Crippen LogP contribution in [0.4, 0.5) is 5.69 Å². The molecule has 29 heavy (non-hydrogen) atoms. The number of amides is 1. The molecule has 0 spiro atoms. The van der Waals surface area contributed by atoms with Gasteiger partial charge in [-0.2, -0.15) is 0 Å². The van der Waals surface area contributed by atoms with Crippen LogP contribution >= 0.6 is 0 Å². The van der Waals surface area contributed by atoms with Gasteiger partial charge in [0.15, 0.2) is 18.3 Å². The molecule has 0 saturated carbocycles. The lowest BCUT2D eigenvalue weighted by Gasteiger charge is -2.07. The van der Waals surface area contributed by atoms with E-state index in [0.717, 1.165) is 11.1 Å². The van der Waals surface area contributed by atoms with Crippen LogP contribution < -0.4 is 10.1 Å². The van der Waals surface area contributed by atoms with Gasteiger partial charge in [0.1, 0.15) is 5.75 Å². The van der Waals surface area contributed by atoms with Crippen molar-refractivity contribution in [2.75, 3.05) is 19.0 Å². The number of nitrogens with one attached hydrogen (secondary N) is 1. The van der Waals surface area contributed by atoms with E-state index in [1.807, 2.05) is 31.2 Å². The van der Waals surface area contributed by atoms with Gasteiger partial charge in [0.2, 0.25) is 0 Å². The number of benzene rings is 2. The molecule has 0 saturated heterocycles. The van der Waals surface area contributed by atoms with Gasteiger partial charge in [-0.05, 0) is 31.2 Å². The molecule has 1 heterocycles. The predicted molar refractivity (Wildman–Crippen MR) is 108 cm³/mol. The average Bonchev–Trinajstić information content (AvgIpc) is 3.21. The van der Waals surface area contributed by atoms with Crippen molar-refractivity contribution in [3.05, 3.63) is 66.2 Å². The van der Waals surface area contributed by atoms with Crippen molar-refractivity contribution in [3.63, 3.8) is 0 Å². The van der Waals surface area contributed by atoms with E-state index < -0.39 is 11.9 Å². The fraction of sp³-hybridized carbons (Fsp3) is 0.227. The summed E-state index contributed by atoms with van der Waals surface area (Å²) in [6, 6.07) is 14.7. The highest BCUT2D eigenvalue weighted by atomic mass is 16.5. The predicted octanol–water partition coefficient (Wildman–Crippen LogP) is 3.77. The molecule has 0 aliphatic rings. The van der Waals surface area contributed by atoms with E-state index in [1.165, 1.54) is 0 Å². The minimum atomic E-state index is -0.495. The summed E-state index contributed by atoms with van der Waals surface area (Å²) in [6.45, 7) is 1.66. The Labute approximate surface area is 168 Å². The number of esters is 1. The number of oxazole rings is 1. The van der Waals surface area contributed by atoms with E-state index in [0.29, 0.717) is 29.5 Å². The number of carbonyl (C=O) groups excluding carboxylic acids is 2. The third kappa shape index (κ3) is 5.93.